The maximum atomic E-state index is 13.8. The molecule has 8 nitrogen and oxygen atoms in total. The van der Waals surface area contributed by atoms with Gasteiger partial charge in [-0.25, -0.2) is 0 Å². The minimum atomic E-state index is -0.653. The lowest BCUT2D eigenvalue weighted by atomic mass is 9.96. The summed E-state index contributed by atoms with van der Waals surface area (Å²) in [6.07, 6.45) is 2.33. The Balaban J connectivity index is 3.05. The van der Waals surface area contributed by atoms with Crippen LogP contribution in [0.25, 0.3) is 0 Å². The van der Waals surface area contributed by atoms with E-state index in [0.717, 1.165) is 5.56 Å². The molecular formula is C29H50N4O4. The van der Waals surface area contributed by atoms with Crippen LogP contribution in [0, 0.1) is 17.8 Å². The van der Waals surface area contributed by atoms with Crippen LogP contribution in [0.5, 0.6) is 5.75 Å². The van der Waals surface area contributed by atoms with Crippen LogP contribution in [0.3, 0.4) is 0 Å². The SMILES string of the molecule is CN[C@@H](CC(C)C)C(=O)N(C)[C@@H](CC(C)C)C(=O)N(C)[C@@H](CC(C)C)C(=O)NCCc1ccc(O)cc1. The van der Waals surface area contributed by atoms with Gasteiger partial charge in [0.2, 0.25) is 17.7 Å². The number of hydrogen-bond donors (Lipinski definition) is 3. The molecule has 3 atom stereocenters. The van der Waals surface area contributed by atoms with Crippen molar-refractivity contribution in [1.29, 1.82) is 0 Å². The van der Waals surface area contributed by atoms with Gasteiger partial charge in [-0.15, -0.1) is 0 Å². The largest absolute Gasteiger partial charge is 0.508 e. The Morgan fingerprint density at radius 3 is 1.76 bits per heavy atom. The minimum absolute atomic E-state index is 0.109. The standard InChI is InChI=1S/C29H50N4O4/c1-19(2)16-24(30-7)28(36)33(9)26(18-21(5)6)29(37)32(8)25(17-20(3)4)27(35)31-15-14-22-10-12-23(34)13-11-22/h10-13,19-21,24-26,30,34H,14-18H2,1-9H3,(H,31,35)/t24-,25-,26-/m0/s1. The smallest absolute Gasteiger partial charge is 0.245 e. The first-order valence-electron chi connectivity index (χ1n) is 13.5. The molecule has 1 rings (SSSR count). The summed E-state index contributed by atoms with van der Waals surface area (Å²) in [5.74, 6) is 0.398. The third-order valence-corrected chi connectivity index (χ3v) is 6.61. The lowest BCUT2D eigenvalue weighted by Gasteiger charge is -2.37. The van der Waals surface area contributed by atoms with E-state index < -0.39 is 12.1 Å². The van der Waals surface area contributed by atoms with E-state index in [4.69, 9.17) is 0 Å². The molecule has 1 aromatic rings. The Morgan fingerprint density at radius 1 is 0.784 bits per heavy atom. The normalized spacial score (nSPS) is 13.9. The van der Waals surface area contributed by atoms with E-state index in [1.165, 1.54) is 4.90 Å². The molecule has 0 unspecified atom stereocenters. The zero-order valence-electron chi connectivity index (χ0n) is 24.4. The quantitative estimate of drug-likeness (QED) is 0.330. The highest BCUT2D eigenvalue weighted by Crippen LogP contribution is 2.19. The molecule has 3 N–H and O–H groups in total. The second-order valence-corrected chi connectivity index (χ2v) is 11.4. The minimum Gasteiger partial charge on any atom is -0.508 e. The monoisotopic (exact) mass is 518 g/mol. The molecule has 0 fully saturated rings. The number of likely N-dealkylation sites (N-methyl/N-ethyl adjacent to an activating group) is 3. The summed E-state index contributed by atoms with van der Waals surface area (Å²) >= 11 is 0. The van der Waals surface area contributed by atoms with E-state index in [9.17, 15) is 19.5 Å². The van der Waals surface area contributed by atoms with Crippen molar-refractivity contribution in [2.24, 2.45) is 17.8 Å². The van der Waals surface area contributed by atoms with Crippen LogP contribution in [-0.2, 0) is 20.8 Å². The zero-order valence-corrected chi connectivity index (χ0v) is 24.4. The number of amides is 3. The molecule has 0 spiro atoms. The third kappa shape index (κ3) is 10.7. The number of phenols is 1. The second-order valence-electron chi connectivity index (χ2n) is 11.4. The van der Waals surface area contributed by atoms with Crippen molar-refractivity contribution >= 4 is 17.7 Å². The van der Waals surface area contributed by atoms with Gasteiger partial charge >= 0.3 is 0 Å². The number of nitrogens with one attached hydrogen (secondary N) is 2. The summed E-state index contributed by atoms with van der Waals surface area (Å²) in [7, 11) is 5.14. The highest BCUT2D eigenvalue weighted by Gasteiger charge is 2.36. The molecule has 0 saturated carbocycles. The highest BCUT2D eigenvalue weighted by atomic mass is 16.3. The molecule has 3 amide bonds. The molecular weight excluding hydrogens is 468 g/mol. The van der Waals surface area contributed by atoms with E-state index in [1.54, 1.807) is 38.2 Å². The van der Waals surface area contributed by atoms with Crippen LogP contribution in [-0.4, -0.2) is 78.4 Å². The Labute approximate surface area is 224 Å². The third-order valence-electron chi connectivity index (χ3n) is 6.61. The van der Waals surface area contributed by atoms with Crippen LogP contribution < -0.4 is 10.6 Å². The average Bonchev–Trinajstić information content (AvgIpc) is 2.83. The van der Waals surface area contributed by atoms with Gasteiger partial charge in [0.15, 0.2) is 0 Å². The first-order valence-corrected chi connectivity index (χ1v) is 13.5. The van der Waals surface area contributed by atoms with Crippen molar-refractivity contribution in [1.82, 2.24) is 20.4 Å². The molecule has 8 heteroatoms. The van der Waals surface area contributed by atoms with Gasteiger partial charge in [0.1, 0.15) is 17.8 Å². The van der Waals surface area contributed by atoms with Gasteiger partial charge in [-0.2, -0.15) is 0 Å². The lowest BCUT2D eigenvalue weighted by Crippen LogP contribution is -2.57. The Hall–Kier alpha value is -2.61. The van der Waals surface area contributed by atoms with Gasteiger partial charge in [0.25, 0.3) is 0 Å². The summed E-state index contributed by atoms with van der Waals surface area (Å²) in [6.45, 7) is 12.7. The van der Waals surface area contributed by atoms with E-state index in [-0.39, 0.29) is 41.3 Å². The van der Waals surface area contributed by atoms with Crippen LogP contribution >= 0.6 is 0 Å². The molecule has 0 aliphatic heterocycles. The number of nitrogens with zero attached hydrogens (tertiary/aromatic N) is 2. The number of benzene rings is 1. The van der Waals surface area contributed by atoms with Gasteiger partial charge in [-0.3, -0.25) is 14.4 Å². The fourth-order valence-electron chi connectivity index (χ4n) is 4.47. The summed E-state index contributed by atoms with van der Waals surface area (Å²) in [6, 6.07) is 5.23. The molecule has 1 aromatic carbocycles. The molecule has 37 heavy (non-hydrogen) atoms. The first-order chi connectivity index (χ1) is 17.3. The number of aromatic hydroxyl groups is 1. The summed E-state index contributed by atoms with van der Waals surface area (Å²) < 4.78 is 0. The lowest BCUT2D eigenvalue weighted by molar-refractivity contribution is -0.149. The molecule has 0 aliphatic rings. The van der Waals surface area contributed by atoms with Crippen molar-refractivity contribution in [2.75, 3.05) is 27.7 Å². The summed E-state index contributed by atoms with van der Waals surface area (Å²) in [5.41, 5.74) is 1.00. The molecule has 0 heterocycles. The van der Waals surface area contributed by atoms with E-state index in [2.05, 4.69) is 24.5 Å². The molecule has 0 radical (unpaired) electrons. The summed E-state index contributed by atoms with van der Waals surface area (Å²) in [5, 5.41) is 15.5. The molecule has 0 aliphatic carbocycles. The second kappa shape index (κ2) is 15.6. The van der Waals surface area contributed by atoms with Crippen molar-refractivity contribution in [2.45, 2.75) is 85.4 Å². The van der Waals surface area contributed by atoms with Crippen molar-refractivity contribution in [3.8, 4) is 5.75 Å². The molecule has 0 bridgehead atoms. The zero-order chi connectivity index (χ0) is 28.3. The summed E-state index contributed by atoms with van der Waals surface area (Å²) in [4.78, 5) is 43.5. The van der Waals surface area contributed by atoms with Gasteiger partial charge in [-0.1, -0.05) is 53.7 Å². The predicted molar refractivity (Wildman–Crippen MR) is 149 cm³/mol. The average molecular weight is 519 g/mol. The van der Waals surface area contributed by atoms with Gasteiger partial charge < -0.3 is 25.5 Å². The topological polar surface area (TPSA) is 102 Å². The molecule has 210 valence electrons. The maximum Gasteiger partial charge on any atom is 0.245 e. The number of phenolic OH excluding ortho intramolecular Hbond substituents is 1. The first kappa shape index (κ1) is 32.4. The molecule has 0 saturated heterocycles. The number of rotatable bonds is 15. The van der Waals surface area contributed by atoms with E-state index in [0.29, 0.717) is 38.1 Å². The van der Waals surface area contributed by atoms with Crippen molar-refractivity contribution in [3.05, 3.63) is 29.8 Å². The van der Waals surface area contributed by atoms with Crippen LogP contribution in [0.15, 0.2) is 24.3 Å². The van der Waals surface area contributed by atoms with Gasteiger partial charge in [0.05, 0.1) is 6.04 Å². The van der Waals surface area contributed by atoms with Crippen LogP contribution in [0.2, 0.25) is 0 Å². The van der Waals surface area contributed by atoms with E-state index in [1.807, 2.05) is 39.8 Å². The van der Waals surface area contributed by atoms with Crippen LogP contribution in [0.4, 0.5) is 0 Å². The van der Waals surface area contributed by atoms with Crippen molar-refractivity contribution in [3.63, 3.8) is 0 Å². The molecule has 0 aromatic heterocycles. The van der Waals surface area contributed by atoms with Gasteiger partial charge in [-0.05, 0) is 68.2 Å². The predicted octanol–water partition coefficient (Wildman–Crippen LogP) is 3.43. The fourth-order valence-corrected chi connectivity index (χ4v) is 4.47. The number of hydrogen-bond acceptors (Lipinski definition) is 5. The van der Waals surface area contributed by atoms with Gasteiger partial charge in [0, 0.05) is 20.6 Å². The van der Waals surface area contributed by atoms with Crippen molar-refractivity contribution < 1.29 is 19.5 Å². The fraction of sp³-hybridized carbons (Fsp3) is 0.690. The Bertz CT molecular complexity index is 854. The Kier molecular flexibility index (Phi) is 13.7. The maximum absolute atomic E-state index is 13.8. The van der Waals surface area contributed by atoms with Crippen LogP contribution in [0.1, 0.15) is 66.4 Å². The number of carbonyl (C=O) groups is 3. The highest BCUT2D eigenvalue weighted by molar-refractivity contribution is 5.93. The van der Waals surface area contributed by atoms with E-state index >= 15 is 0 Å². The number of carbonyl (C=O) groups excluding carboxylic acids is 3. The Morgan fingerprint density at radius 2 is 1.27 bits per heavy atom.